The second kappa shape index (κ2) is 10.3. The molecule has 0 fully saturated rings. The van der Waals surface area contributed by atoms with Crippen LogP contribution in [0.2, 0.25) is 5.02 Å². The van der Waals surface area contributed by atoms with Gasteiger partial charge >= 0.3 is 0 Å². The maximum absolute atomic E-state index is 12.3. The summed E-state index contributed by atoms with van der Waals surface area (Å²) >= 11 is 5.87. The van der Waals surface area contributed by atoms with Crippen molar-refractivity contribution >= 4 is 23.7 Å². The molecule has 0 aliphatic rings. The van der Waals surface area contributed by atoms with Crippen molar-refractivity contribution in [1.29, 1.82) is 0 Å². The van der Waals surface area contributed by atoms with Gasteiger partial charge in [-0.25, -0.2) is 5.43 Å². The van der Waals surface area contributed by atoms with Gasteiger partial charge in [0.15, 0.2) is 11.5 Å². The lowest BCUT2D eigenvalue weighted by Crippen LogP contribution is -2.17. The smallest absolute Gasteiger partial charge is 0.271 e. The third kappa shape index (κ3) is 5.75. The number of carbonyl (C=O) groups excluding carboxylic acids is 1. The minimum atomic E-state index is -0.323. The first kappa shape index (κ1) is 21.2. The van der Waals surface area contributed by atoms with E-state index in [1.807, 2.05) is 30.3 Å². The number of hydrogen-bond acceptors (Lipinski definition) is 5. The molecule has 7 heteroatoms. The Labute approximate surface area is 180 Å². The molecule has 0 saturated heterocycles. The second-order valence-corrected chi connectivity index (χ2v) is 6.69. The van der Waals surface area contributed by atoms with Crippen LogP contribution >= 0.6 is 11.6 Å². The van der Waals surface area contributed by atoms with Crippen LogP contribution in [-0.2, 0) is 6.61 Å². The van der Waals surface area contributed by atoms with E-state index in [0.717, 1.165) is 11.1 Å². The Morgan fingerprint density at radius 3 is 2.33 bits per heavy atom. The van der Waals surface area contributed by atoms with Crippen LogP contribution in [0.1, 0.15) is 21.5 Å². The second-order valence-electron chi connectivity index (χ2n) is 6.25. The number of nitrogens with zero attached hydrogens (tertiary/aromatic N) is 1. The van der Waals surface area contributed by atoms with E-state index < -0.39 is 0 Å². The molecule has 3 aromatic rings. The SMILES string of the molecule is COc1ccc(C=NNC(=O)c2ccc(OCc3ccc(Cl)cc3)cc2)cc1OC. The zero-order chi connectivity index (χ0) is 21.3. The maximum Gasteiger partial charge on any atom is 0.271 e. The fourth-order valence-electron chi connectivity index (χ4n) is 2.61. The lowest BCUT2D eigenvalue weighted by atomic mass is 10.2. The van der Waals surface area contributed by atoms with Crippen LogP contribution < -0.4 is 19.6 Å². The van der Waals surface area contributed by atoms with Crippen molar-refractivity contribution in [2.45, 2.75) is 6.61 Å². The Bertz CT molecular complexity index is 1020. The molecule has 3 aromatic carbocycles. The fraction of sp³-hybridized carbons (Fsp3) is 0.130. The minimum Gasteiger partial charge on any atom is -0.493 e. The van der Waals surface area contributed by atoms with Crippen molar-refractivity contribution in [3.8, 4) is 17.2 Å². The number of hydrogen-bond donors (Lipinski definition) is 1. The average Bonchev–Trinajstić information content (AvgIpc) is 2.78. The van der Waals surface area contributed by atoms with Gasteiger partial charge in [-0.15, -0.1) is 0 Å². The molecule has 0 saturated carbocycles. The largest absolute Gasteiger partial charge is 0.493 e. The number of carbonyl (C=O) groups is 1. The van der Waals surface area contributed by atoms with Crippen LogP contribution in [0, 0.1) is 0 Å². The first-order chi connectivity index (χ1) is 14.6. The summed E-state index contributed by atoms with van der Waals surface area (Å²) in [7, 11) is 3.13. The van der Waals surface area contributed by atoms with Crippen molar-refractivity contribution < 1.29 is 19.0 Å². The Morgan fingerprint density at radius 1 is 0.967 bits per heavy atom. The molecule has 154 valence electrons. The number of halogens is 1. The van der Waals surface area contributed by atoms with Gasteiger partial charge in [0.2, 0.25) is 0 Å². The normalized spacial score (nSPS) is 10.6. The van der Waals surface area contributed by atoms with Crippen LogP contribution in [0.25, 0.3) is 0 Å². The van der Waals surface area contributed by atoms with E-state index in [-0.39, 0.29) is 5.91 Å². The number of methoxy groups -OCH3 is 2. The van der Waals surface area contributed by atoms with Crippen LogP contribution in [0.3, 0.4) is 0 Å². The zero-order valence-corrected chi connectivity index (χ0v) is 17.3. The van der Waals surface area contributed by atoms with E-state index >= 15 is 0 Å². The first-order valence-electron chi connectivity index (χ1n) is 9.12. The van der Waals surface area contributed by atoms with Gasteiger partial charge < -0.3 is 14.2 Å². The number of benzene rings is 3. The lowest BCUT2D eigenvalue weighted by molar-refractivity contribution is 0.0955. The molecule has 0 heterocycles. The Kier molecular flexibility index (Phi) is 7.29. The number of rotatable bonds is 8. The third-order valence-electron chi connectivity index (χ3n) is 4.22. The molecule has 0 atom stereocenters. The molecule has 30 heavy (non-hydrogen) atoms. The Hall–Kier alpha value is -3.51. The van der Waals surface area contributed by atoms with Gasteiger partial charge in [-0.05, 0) is 65.7 Å². The van der Waals surface area contributed by atoms with Crippen LogP contribution in [0.15, 0.2) is 71.8 Å². The Morgan fingerprint density at radius 2 is 1.67 bits per heavy atom. The highest BCUT2D eigenvalue weighted by molar-refractivity contribution is 6.30. The molecule has 1 amide bonds. The molecule has 0 unspecified atom stereocenters. The maximum atomic E-state index is 12.3. The minimum absolute atomic E-state index is 0.323. The Balaban J connectivity index is 1.54. The highest BCUT2D eigenvalue weighted by Crippen LogP contribution is 2.26. The summed E-state index contributed by atoms with van der Waals surface area (Å²) < 4.78 is 16.2. The van der Waals surface area contributed by atoms with Gasteiger partial charge in [0.05, 0.1) is 20.4 Å². The summed E-state index contributed by atoms with van der Waals surface area (Å²) in [5, 5.41) is 4.67. The highest BCUT2D eigenvalue weighted by Gasteiger charge is 2.06. The molecule has 0 aliphatic carbocycles. The quantitative estimate of drug-likeness (QED) is 0.420. The van der Waals surface area contributed by atoms with Gasteiger partial charge in [-0.3, -0.25) is 4.79 Å². The molecule has 0 radical (unpaired) electrons. The predicted molar refractivity (Wildman–Crippen MR) is 117 cm³/mol. The zero-order valence-electron chi connectivity index (χ0n) is 16.6. The predicted octanol–water partition coefficient (Wildman–Crippen LogP) is 4.70. The van der Waals surface area contributed by atoms with Gasteiger partial charge in [0.1, 0.15) is 12.4 Å². The molecular formula is C23H21ClN2O4. The van der Waals surface area contributed by atoms with Gasteiger partial charge in [-0.2, -0.15) is 5.10 Å². The standard InChI is InChI=1S/C23H21ClN2O4/c1-28-21-12-5-17(13-22(21)29-2)14-25-26-23(27)18-6-10-20(11-7-18)30-15-16-3-8-19(24)9-4-16/h3-14H,15H2,1-2H3,(H,26,27). The van der Waals surface area contributed by atoms with Gasteiger partial charge in [0.25, 0.3) is 5.91 Å². The van der Waals surface area contributed by atoms with Crippen LogP contribution in [0.4, 0.5) is 0 Å². The van der Waals surface area contributed by atoms with Crippen molar-refractivity contribution in [2.75, 3.05) is 14.2 Å². The summed E-state index contributed by atoms with van der Waals surface area (Å²) in [6.45, 7) is 0.415. The summed E-state index contributed by atoms with van der Waals surface area (Å²) in [5.41, 5.74) is 4.74. The van der Waals surface area contributed by atoms with E-state index in [0.29, 0.717) is 34.4 Å². The molecule has 0 aromatic heterocycles. The van der Waals surface area contributed by atoms with E-state index in [1.165, 1.54) is 6.21 Å². The number of nitrogens with one attached hydrogen (secondary N) is 1. The van der Waals surface area contributed by atoms with Crippen LogP contribution in [0.5, 0.6) is 17.2 Å². The summed E-state index contributed by atoms with van der Waals surface area (Å²) in [6.07, 6.45) is 1.53. The monoisotopic (exact) mass is 424 g/mol. The van der Waals surface area contributed by atoms with Gasteiger partial charge in [-0.1, -0.05) is 23.7 Å². The van der Waals surface area contributed by atoms with Crippen molar-refractivity contribution in [2.24, 2.45) is 5.10 Å². The number of hydrazone groups is 1. The van der Waals surface area contributed by atoms with E-state index in [2.05, 4.69) is 10.5 Å². The molecular weight excluding hydrogens is 404 g/mol. The average molecular weight is 425 g/mol. The fourth-order valence-corrected chi connectivity index (χ4v) is 2.74. The van der Waals surface area contributed by atoms with Crippen molar-refractivity contribution in [1.82, 2.24) is 5.43 Å². The van der Waals surface area contributed by atoms with Crippen LogP contribution in [-0.4, -0.2) is 26.3 Å². The highest BCUT2D eigenvalue weighted by atomic mass is 35.5. The van der Waals surface area contributed by atoms with E-state index in [9.17, 15) is 4.79 Å². The molecule has 0 bridgehead atoms. The molecule has 0 spiro atoms. The van der Waals surface area contributed by atoms with E-state index in [1.54, 1.807) is 50.6 Å². The molecule has 0 aliphatic heterocycles. The lowest BCUT2D eigenvalue weighted by Gasteiger charge is -2.08. The third-order valence-corrected chi connectivity index (χ3v) is 4.47. The molecule has 3 rings (SSSR count). The molecule has 6 nitrogen and oxygen atoms in total. The van der Waals surface area contributed by atoms with Gasteiger partial charge in [0, 0.05) is 10.6 Å². The number of ether oxygens (including phenoxy) is 3. The van der Waals surface area contributed by atoms with Crippen molar-refractivity contribution in [3.05, 3.63) is 88.4 Å². The van der Waals surface area contributed by atoms with Crippen molar-refractivity contribution in [3.63, 3.8) is 0 Å². The summed E-state index contributed by atoms with van der Waals surface area (Å²) in [4.78, 5) is 12.3. The summed E-state index contributed by atoms with van der Waals surface area (Å²) in [6, 6.07) is 19.6. The van der Waals surface area contributed by atoms with E-state index in [4.69, 9.17) is 25.8 Å². The summed E-state index contributed by atoms with van der Waals surface area (Å²) in [5.74, 6) is 1.55. The first-order valence-corrected chi connectivity index (χ1v) is 9.49. The molecule has 1 N–H and O–H groups in total. The topological polar surface area (TPSA) is 69.2 Å². The number of amides is 1.